The van der Waals surface area contributed by atoms with E-state index < -0.39 is 5.41 Å². The van der Waals surface area contributed by atoms with Crippen molar-refractivity contribution in [1.29, 1.82) is 0 Å². The Morgan fingerprint density at radius 3 is 2.68 bits per heavy atom. The van der Waals surface area contributed by atoms with E-state index in [2.05, 4.69) is 11.9 Å². The normalized spacial score (nSPS) is 16.2. The number of likely N-dealkylation sites (N-methyl/N-ethyl adjacent to an activating group) is 1. The Hall–Kier alpha value is -3.61. The molecular formula is C24H25N3O4. The summed E-state index contributed by atoms with van der Waals surface area (Å²) in [5, 5.41) is 13.2. The summed E-state index contributed by atoms with van der Waals surface area (Å²) >= 11 is 0. The molecule has 160 valence electrons. The predicted octanol–water partition coefficient (Wildman–Crippen LogP) is 2.97. The van der Waals surface area contributed by atoms with Gasteiger partial charge in [0.05, 0.1) is 11.0 Å². The highest BCUT2D eigenvalue weighted by Crippen LogP contribution is 2.41. The van der Waals surface area contributed by atoms with Crippen molar-refractivity contribution in [2.75, 3.05) is 23.8 Å². The van der Waals surface area contributed by atoms with Gasteiger partial charge >= 0.3 is 0 Å². The molecule has 0 saturated carbocycles. The first-order valence-corrected chi connectivity index (χ1v) is 10.1. The Bertz CT molecular complexity index is 1140. The summed E-state index contributed by atoms with van der Waals surface area (Å²) < 4.78 is 0. The molecule has 31 heavy (non-hydrogen) atoms. The second-order valence-corrected chi connectivity index (χ2v) is 8.53. The number of aromatic hydroxyl groups is 1. The number of fused-ring (bicyclic) bond motifs is 2. The zero-order chi connectivity index (χ0) is 22.5. The molecule has 3 amide bonds. The van der Waals surface area contributed by atoms with Crippen LogP contribution >= 0.6 is 0 Å². The summed E-state index contributed by atoms with van der Waals surface area (Å²) in [5.74, 6) is -0.818. The van der Waals surface area contributed by atoms with Gasteiger partial charge in [-0.1, -0.05) is 12.6 Å². The number of nitrogens with zero attached hydrogens (tertiary/aromatic N) is 2. The van der Waals surface area contributed by atoms with E-state index in [4.69, 9.17) is 0 Å². The van der Waals surface area contributed by atoms with E-state index in [9.17, 15) is 19.5 Å². The third-order valence-corrected chi connectivity index (χ3v) is 6.24. The third-order valence-electron chi connectivity index (χ3n) is 6.24. The van der Waals surface area contributed by atoms with E-state index in [0.717, 1.165) is 16.8 Å². The summed E-state index contributed by atoms with van der Waals surface area (Å²) in [6.45, 7) is 7.99. The molecule has 7 nitrogen and oxygen atoms in total. The Balaban J connectivity index is 1.63. The maximum atomic E-state index is 13.3. The average molecular weight is 419 g/mol. The molecule has 0 saturated heterocycles. The summed E-state index contributed by atoms with van der Waals surface area (Å²) in [5.41, 5.74) is 3.45. The second-order valence-electron chi connectivity index (χ2n) is 8.53. The minimum absolute atomic E-state index is 0.155. The molecule has 0 fully saturated rings. The van der Waals surface area contributed by atoms with Gasteiger partial charge in [0.1, 0.15) is 5.75 Å². The zero-order valence-electron chi connectivity index (χ0n) is 17.9. The Morgan fingerprint density at radius 2 is 1.97 bits per heavy atom. The molecule has 0 spiro atoms. The fourth-order valence-corrected chi connectivity index (χ4v) is 4.14. The van der Waals surface area contributed by atoms with E-state index in [1.54, 1.807) is 31.9 Å². The van der Waals surface area contributed by atoms with Crippen molar-refractivity contribution in [3.05, 3.63) is 65.2 Å². The Kier molecular flexibility index (Phi) is 4.84. The van der Waals surface area contributed by atoms with Crippen LogP contribution in [-0.4, -0.2) is 41.3 Å². The largest absolute Gasteiger partial charge is 0.507 e. The number of carbonyl (C=O) groups excluding carboxylic acids is 3. The van der Waals surface area contributed by atoms with Crippen molar-refractivity contribution < 1.29 is 19.5 Å². The van der Waals surface area contributed by atoms with Crippen molar-refractivity contribution in [1.82, 2.24) is 4.90 Å². The highest BCUT2D eigenvalue weighted by Gasteiger charge is 2.40. The number of phenols is 1. The molecule has 2 N–H and O–H groups in total. The number of rotatable bonds is 3. The van der Waals surface area contributed by atoms with Crippen molar-refractivity contribution in [2.24, 2.45) is 0 Å². The topological polar surface area (TPSA) is 90.0 Å². The number of hydrogen-bond donors (Lipinski definition) is 2. The van der Waals surface area contributed by atoms with Crippen molar-refractivity contribution in [3.63, 3.8) is 0 Å². The molecule has 0 aromatic heterocycles. The van der Waals surface area contributed by atoms with Crippen molar-refractivity contribution in [2.45, 2.75) is 32.2 Å². The quantitative estimate of drug-likeness (QED) is 0.749. The van der Waals surface area contributed by atoms with Crippen LogP contribution in [0.3, 0.4) is 0 Å². The van der Waals surface area contributed by atoms with Gasteiger partial charge in [0.2, 0.25) is 11.8 Å². The zero-order valence-corrected chi connectivity index (χ0v) is 17.9. The first-order chi connectivity index (χ1) is 14.6. The molecule has 0 unspecified atom stereocenters. The van der Waals surface area contributed by atoms with Crippen LogP contribution in [0.4, 0.5) is 11.4 Å². The molecule has 2 aromatic carbocycles. The summed E-state index contributed by atoms with van der Waals surface area (Å²) in [6.07, 6.45) is 1.94. The van der Waals surface area contributed by atoms with Gasteiger partial charge in [0.25, 0.3) is 5.91 Å². The van der Waals surface area contributed by atoms with Crippen LogP contribution in [0.2, 0.25) is 0 Å². The third kappa shape index (κ3) is 3.36. The van der Waals surface area contributed by atoms with Crippen LogP contribution in [0.15, 0.2) is 43.0 Å². The first kappa shape index (κ1) is 20.7. The van der Waals surface area contributed by atoms with Gasteiger partial charge in [0.15, 0.2) is 0 Å². The second kappa shape index (κ2) is 7.27. The first-order valence-electron chi connectivity index (χ1n) is 10.1. The molecule has 2 aliphatic heterocycles. The SMILES string of the molecule is C=CC(=O)N(C)c1ccc2c(c1)CN(C(=O)c1cc3c(cc1O)NC(=O)C3(C)C)CC2. The lowest BCUT2D eigenvalue weighted by Crippen LogP contribution is -2.36. The van der Waals surface area contributed by atoms with Gasteiger partial charge in [-0.3, -0.25) is 14.4 Å². The van der Waals surface area contributed by atoms with Crippen LogP contribution in [0.25, 0.3) is 0 Å². The van der Waals surface area contributed by atoms with Crippen LogP contribution in [0, 0.1) is 0 Å². The van der Waals surface area contributed by atoms with Gasteiger partial charge in [-0.15, -0.1) is 0 Å². The fraction of sp³-hybridized carbons (Fsp3) is 0.292. The molecule has 7 heteroatoms. The number of amides is 3. The number of benzene rings is 2. The number of phenolic OH excluding ortho intramolecular Hbond substituents is 1. The van der Waals surface area contributed by atoms with Gasteiger partial charge in [-0.05, 0) is 61.2 Å². The van der Waals surface area contributed by atoms with Gasteiger partial charge in [-0.25, -0.2) is 0 Å². The number of anilines is 2. The molecule has 4 rings (SSSR count). The van der Waals surface area contributed by atoms with Gasteiger partial charge in [-0.2, -0.15) is 0 Å². The van der Waals surface area contributed by atoms with E-state index in [1.165, 1.54) is 17.0 Å². The molecule has 0 aliphatic carbocycles. The van der Waals surface area contributed by atoms with Gasteiger partial charge in [0, 0.05) is 37.6 Å². The highest BCUT2D eigenvalue weighted by molar-refractivity contribution is 6.08. The molecule has 2 heterocycles. The van der Waals surface area contributed by atoms with Crippen LogP contribution in [0.5, 0.6) is 5.75 Å². The van der Waals surface area contributed by atoms with Crippen molar-refractivity contribution in [3.8, 4) is 5.75 Å². The number of hydrogen-bond acceptors (Lipinski definition) is 4. The monoisotopic (exact) mass is 419 g/mol. The predicted molar refractivity (Wildman–Crippen MR) is 118 cm³/mol. The lowest BCUT2D eigenvalue weighted by atomic mass is 9.85. The number of nitrogens with one attached hydrogen (secondary N) is 1. The molecule has 0 atom stereocenters. The van der Waals surface area contributed by atoms with E-state index in [0.29, 0.717) is 30.8 Å². The Morgan fingerprint density at radius 1 is 1.23 bits per heavy atom. The van der Waals surface area contributed by atoms with E-state index in [1.807, 2.05) is 18.2 Å². The van der Waals surface area contributed by atoms with Crippen LogP contribution in [-0.2, 0) is 28.0 Å². The minimum Gasteiger partial charge on any atom is -0.507 e. The van der Waals surface area contributed by atoms with Crippen molar-refractivity contribution >= 4 is 29.1 Å². The highest BCUT2D eigenvalue weighted by atomic mass is 16.3. The van der Waals surface area contributed by atoms with Gasteiger partial charge < -0.3 is 20.2 Å². The van der Waals surface area contributed by atoms with E-state index in [-0.39, 0.29) is 29.0 Å². The molecule has 0 bridgehead atoms. The Labute approximate surface area is 181 Å². The lowest BCUT2D eigenvalue weighted by Gasteiger charge is -2.30. The van der Waals surface area contributed by atoms with Crippen LogP contribution in [0.1, 0.15) is 40.9 Å². The van der Waals surface area contributed by atoms with Crippen LogP contribution < -0.4 is 10.2 Å². The summed E-state index contributed by atoms with van der Waals surface area (Å²) in [6, 6.07) is 8.83. The molecule has 2 aromatic rings. The molecule has 2 aliphatic rings. The smallest absolute Gasteiger partial charge is 0.257 e. The summed E-state index contributed by atoms with van der Waals surface area (Å²) in [7, 11) is 1.68. The molecule has 0 radical (unpaired) electrons. The number of carbonyl (C=O) groups is 3. The minimum atomic E-state index is -0.774. The maximum Gasteiger partial charge on any atom is 0.257 e. The molecular weight excluding hydrogens is 394 g/mol. The fourth-order valence-electron chi connectivity index (χ4n) is 4.14. The van der Waals surface area contributed by atoms with E-state index >= 15 is 0 Å². The maximum absolute atomic E-state index is 13.3. The summed E-state index contributed by atoms with van der Waals surface area (Å²) in [4.78, 5) is 40.6. The standard InChI is InChI=1S/C24H25N3O4/c1-5-21(29)26(4)16-7-6-14-8-9-27(13-15(14)10-16)22(30)17-11-18-19(12-20(17)28)25-23(31)24(18,2)3/h5-7,10-12,28H,1,8-9,13H2,2-4H3,(H,25,31). The average Bonchev–Trinajstić information content (AvgIpc) is 2.98. The lowest BCUT2D eigenvalue weighted by molar-refractivity contribution is -0.119.